The summed E-state index contributed by atoms with van der Waals surface area (Å²) in [6, 6.07) is 5.16. The van der Waals surface area contributed by atoms with Crippen LogP contribution in [0, 0.1) is 0 Å². The molecule has 1 fully saturated rings. The second-order valence-corrected chi connectivity index (χ2v) is 6.61. The van der Waals surface area contributed by atoms with Crippen LogP contribution in [-0.2, 0) is 4.74 Å². The Morgan fingerprint density at radius 2 is 2.12 bits per heavy atom. The highest BCUT2D eigenvalue weighted by molar-refractivity contribution is 6.32. The highest BCUT2D eigenvalue weighted by atomic mass is 35.5. The quantitative estimate of drug-likeness (QED) is 0.682. The summed E-state index contributed by atoms with van der Waals surface area (Å²) in [5.74, 6) is 0.467. The van der Waals surface area contributed by atoms with Gasteiger partial charge >= 0.3 is 6.03 Å². The van der Waals surface area contributed by atoms with Crippen LogP contribution in [0.4, 0.5) is 10.5 Å². The maximum absolute atomic E-state index is 12.2. The maximum Gasteiger partial charge on any atom is 0.322 e. The number of morpholine rings is 1. The summed E-state index contributed by atoms with van der Waals surface area (Å²) in [5, 5.41) is 16.2. The zero-order valence-corrected chi connectivity index (χ0v) is 15.4. The Kier molecular flexibility index (Phi) is 7.77. The minimum atomic E-state index is -0.626. The van der Waals surface area contributed by atoms with Gasteiger partial charge in [-0.15, -0.1) is 0 Å². The Morgan fingerprint density at radius 1 is 1.40 bits per heavy atom. The average molecular weight is 372 g/mol. The zero-order valence-electron chi connectivity index (χ0n) is 14.6. The minimum Gasteiger partial charge on any atom is -0.489 e. The average Bonchev–Trinajstić information content (AvgIpc) is 2.60. The summed E-state index contributed by atoms with van der Waals surface area (Å²) >= 11 is 6.20. The van der Waals surface area contributed by atoms with Crippen molar-refractivity contribution in [3.8, 4) is 5.75 Å². The molecule has 0 saturated carbocycles. The van der Waals surface area contributed by atoms with E-state index in [1.54, 1.807) is 23.1 Å². The molecule has 1 aliphatic heterocycles. The van der Waals surface area contributed by atoms with E-state index in [0.29, 0.717) is 55.3 Å². The summed E-state index contributed by atoms with van der Waals surface area (Å²) in [6.07, 6.45) is -0.626. The van der Waals surface area contributed by atoms with Crippen LogP contribution >= 0.6 is 11.6 Å². The number of carbonyl (C=O) groups is 1. The fourth-order valence-corrected chi connectivity index (χ4v) is 2.52. The molecule has 2 amide bonds. The van der Waals surface area contributed by atoms with Gasteiger partial charge < -0.3 is 30.1 Å². The first-order valence-electron chi connectivity index (χ1n) is 8.43. The Balaban J connectivity index is 1.84. The minimum absolute atomic E-state index is 0.138. The Labute approximate surface area is 153 Å². The third-order valence-corrected chi connectivity index (χ3v) is 3.97. The number of anilines is 1. The number of aliphatic hydroxyl groups is 1. The van der Waals surface area contributed by atoms with E-state index >= 15 is 0 Å². The van der Waals surface area contributed by atoms with E-state index in [4.69, 9.17) is 21.1 Å². The molecule has 1 saturated heterocycles. The van der Waals surface area contributed by atoms with Crippen LogP contribution in [0.1, 0.15) is 13.8 Å². The van der Waals surface area contributed by atoms with Crippen molar-refractivity contribution in [3.63, 3.8) is 0 Å². The lowest BCUT2D eigenvalue weighted by Gasteiger charge is -2.27. The van der Waals surface area contributed by atoms with Crippen molar-refractivity contribution >= 4 is 23.3 Å². The van der Waals surface area contributed by atoms with Gasteiger partial charge in [0.25, 0.3) is 0 Å². The van der Waals surface area contributed by atoms with Crippen molar-refractivity contribution in [2.45, 2.75) is 26.0 Å². The summed E-state index contributed by atoms with van der Waals surface area (Å²) in [7, 11) is 0. The number of nitrogens with one attached hydrogen (secondary N) is 2. The van der Waals surface area contributed by atoms with E-state index in [0.717, 1.165) is 0 Å². The molecule has 8 heteroatoms. The molecule has 0 radical (unpaired) electrons. The number of amides is 2. The molecule has 3 N–H and O–H groups in total. The van der Waals surface area contributed by atoms with Crippen LogP contribution < -0.4 is 15.4 Å². The monoisotopic (exact) mass is 371 g/mol. The lowest BCUT2D eigenvalue weighted by molar-refractivity contribution is 0.0564. The first-order valence-corrected chi connectivity index (χ1v) is 8.81. The third-order valence-electron chi connectivity index (χ3n) is 3.67. The maximum atomic E-state index is 12.2. The first-order chi connectivity index (χ1) is 12.0. The SMILES string of the molecule is CC(C)NCC(O)COc1ccc(NC(=O)N2CCOCC2)cc1Cl. The number of benzene rings is 1. The van der Waals surface area contributed by atoms with Gasteiger partial charge in [0.2, 0.25) is 0 Å². The van der Waals surface area contributed by atoms with Gasteiger partial charge in [-0.25, -0.2) is 4.79 Å². The van der Waals surface area contributed by atoms with E-state index in [9.17, 15) is 9.90 Å². The molecule has 1 atom stereocenters. The van der Waals surface area contributed by atoms with Gasteiger partial charge in [0.15, 0.2) is 0 Å². The molecule has 0 aliphatic carbocycles. The summed E-state index contributed by atoms with van der Waals surface area (Å²) < 4.78 is 10.8. The van der Waals surface area contributed by atoms with Gasteiger partial charge in [-0.05, 0) is 18.2 Å². The number of rotatable bonds is 7. The topological polar surface area (TPSA) is 83.1 Å². The molecule has 1 aromatic carbocycles. The number of nitrogens with zero attached hydrogens (tertiary/aromatic N) is 1. The predicted molar refractivity (Wildman–Crippen MR) is 97.5 cm³/mol. The standard InChI is InChI=1S/C17H26ClN3O4/c1-12(2)19-10-14(22)11-25-16-4-3-13(9-15(16)18)20-17(23)21-5-7-24-8-6-21/h3-4,9,12,14,19,22H,5-8,10-11H2,1-2H3,(H,20,23). The second-order valence-electron chi connectivity index (χ2n) is 6.20. The fraction of sp³-hybridized carbons (Fsp3) is 0.588. The van der Waals surface area contributed by atoms with Crippen LogP contribution in [0.25, 0.3) is 0 Å². The van der Waals surface area contributed by atoms with Gasteiger partial charge in [-0.2, -0.15) is 0 Å². The third kappa shape index (κ3) is 6.70. The van der Waals surface area contributed by atoms with Gasteiger partial charge in [-0.1, -0.05) is 25.4 Å². The molecule has 1 heterocycles. The van der Waals surface area contributed by atoms with Crippen molar-refractivity contribution in [1.82, 2.24) is 10.2 Å². The molecule has 7 nitrogen and oxygen atoms in total. The highest BCUT2D eigenvalue weighted by Crippen LogP contribution is 2.28. The Morgan fingerprint density at radius 3 is 2.76 bits per heavy atom. The summed E-state index contributed by atoms with van der Waals surface area (Å²) in [6.45, 7) is 6.85. The normalized spacial score (nSPS) is 16.0. The van der Waals surface area contributed by atoms with E-state index in [2.05, 4.69) is 10.6 Å². The molecular weight excluding hydrogens is 346 g/mol. The highest BCUT2D eigenvalue weighted by Gasteiger charge is 2.17. The summed E-state index contributed by atoms with van der Waals surface area (Å²) in [4.78, 5) is 13.8. The predicted octanol–water partition coefficient (Wildman–Crippen LogP) is 1.94. The molecule has 0 bridgehead atoms. The molecule has 1 aliphatic rings. The Hall–Kier alpha value is -1.54. The number of hydrogen-bond acceptors (Lipinski definition) is 5. The van der Waals surface area contributed by atoms with E-state index in [-0.39, 0.29) is 12.6 Å². The number of aliphatic hydroxyl groups excluding tert-OH is 1. The van der Waals surface area contributed by atoms with Crippen molar-refractivity contribution in [2.75, 3.05) is 44.8 Å². The lowest BCUT2D eigenvalue weighted by atomic mass is 10.3. The molecule has 0 aromatic heterocycles. The van der Waals surface area contributed by atoms with Gasteiger partial charge in [0.1, 0.15) is 18.5 Å². The van der Waals surface area contributed by atoms with Crippen molar-refractivity contribution in [3.05, 3.63) is 23.2 Å². The Bertz CT molecular complexity index is 565. The van der Waals surface area contributed by atoms with Crippen LogP contribution in [0.2, 0.25) is 5.02 Å². The molecule has 140 valence electrons. The second kappa shape index (κ2) is 9.82. The smallest absolute Gasteiger partial charge is 0.322 e. The van der Waals surface area contributed by atoms with Crippen molar-refractivity contribution < 1.29 is 19.4 Å². The molecule has 0 spiro atoms. The molecular formula is C17H26ClN3O4. The van der Waals surface area contributed by atoms with Crippen molar-refractivity contribution in [2.24, 2.45) is 0 Å². The fourth-order valence-electron chi connectivity index (χ4n) is 2.28. The van der Waals surface area contributed by atoms with Crippen LogP contribution in [0.5, 0.6) is 5.75 Å². The van der Waals surface area contributed by atoms with Gasteiger partial charge in [0, 0.05) is 31.4 Å². The van der Waals surface area contributed by atoms with Crippen LogP contribution in [0.3, 0.4) is 0 Å². The molecule has 25 heavy (non-hydrogen) atoms. The van der Waals surface area contributed by atoms with Crippen LogP contribution in [-0.4, -0.2) is 67.6 Å². The van der Waals surface area contributed by atoms with E-state index in [1.807, 2.05) is 13.8 Å². The molecule has 1 unspecified atom stereocenters. The number of halogens is 1. The number of hydrogen-bond donors (Lipinski definition) is 3. The van der Waals surface area contributed by atoms with Crippen molar-refractivity contribution in [1.29, 1.82) is 0 Å². The number of carbonyl (C=O) groups excluding carboxylic acids is 1. The van der Waals surface area contributed by atoms with Gasteiger partial charge in [-0.3, -0.25) is 0 Å². The first kappa shape index (κ1) is 19.8. The van der Waals surface area contributed by atoms with E-state index < -0.39 is 6.10 Å². The number of ether oxygens (including phenoxy) is 2. The lowest BCUT2D eigenvalue weighted by Crippen LogP contribution is -2.43. The molecule has 2 rings (SSSR count). The largest absolute Gasteiger partial charge is 0.489 e. The van der Waals surface area contributed by atoms with E-state index in [1.165, 1.54) is 0 Å². The summed E-state index contributed by atoms with van der Waals surface area (Å²) in [5.41, 5.74) is 0.593. The number of urea groups is 1. The van der Waals surface area contributed by atoms with Crippen LogP contribution in [0.15, 0.2) is 18.2 Å². The zero-order chi connectivity index (χ0) is 18.2. The van der Waals surface area contributed by atoms with Gasteiger partial charge in [0.05, 0.1) is 18.2 Å². The molecule has 1 aromatic rings.